The van der Waals surface area contributed by atoms with Crippen molar-refractivity contribution in [2.45, 2.75) is 20.0 Å². The van der Waals surface area contributed by atoms with Crippen LogP contribution in [0.5, 0.6) is 11.5 Å². The van der Waals surface area contributed by atoms with Crippen LogP contribution in [0, 0.1) is 9.39 Å². The molecule has 8 heteroatoms. The van der Waals surface area contributed by atoms with Gasteiger partial charge in [-0.3, -0.25) is 4.79 Å². The Morgan fingerprint density at radius 1 is 1.25 bits per heavy atom. The Hall–Kier alpha value is -2.07. The van der Waals surface area contributed by atoms with Crippen LogP contribution in [0.4, 0.5) is 10.1 Å². The van der Waals surface area contributed by atoms with Gasteiger partial charge < -0.3 is 14.8 Å². The van der Waals surface area contributed by atoms with E-state index in [4.69, 9.17) is 9.47 Å². The van der Waals surface area contributed by atoms with E-state index in [1.165, 1.54) is 23.9 Å². The van der Waals surface area contributed by atoms with Crippen LogP contribution in [0.25, 0.3) is 6.08 Å². The molecule has 146 valence electrons. The molecule has 1 heterocycles. The number of rotatable bonds is 5. The maximum atomic E-state index is 13.0. The Labute approximate surface area is 180 Å². The summed E-state index contributed by atoms with van der Waals surface area (Å²) in [5, 5.41) is 3.17. The number of benzene rings is 2. The lowest BCUT2D eigenvalue weighted by Crippen LogP contribution is -2.19. The minimum absolute atomic E-state index is 0.0213. The summed E-state index contributed by atoms with van der Waals surface area (Å²) in [4.78, 5) is 17.1. The smallest absolute Gasteiger partial charge is 0.264 e. The fourth-order valence-corrected chi connectivity index (χ4v) is 4.03. The summed E-state index contributed by atoms with van der Waals surface area (Å²) < 4.78 is 25.2. The van der Waals surface area contributed by atoms with Crippen LogP contribution in [0.3, 0.4) is 0 Å². The SMILES string of the molecule is COc1cc(/C=C2/SC(=Nc3ccc(F)cc3)NC2=O)cc(I)c1OC(C)C. The Morgan fingerprint density at radius 3 is 2.61 bits per heavy atom. The van der Waals surface area contributed by atoms with Crippen molar-refractivity contribution in [3.8, 4) is 11.5 Å². The number of amidine groups is 1. The van der Waals surface area contributed by atoms with E-state index in [1.54, 1.807) is 25.3 Å². The van der Waals surface area contributed by atoms with Crippen molar-refractivity contribution in [1.82, 2.24) is 5.32 Å². The van der Waals surface area contributed by atoms with E-state index in [1.807, 2.05) is 26.0 Å². The molecule has 1 fully saturated rings. The molecule has 0 spiro atoms. The van der Waals surface area contributed by atoms with Gasteiger partial charge in [0, 0.05) is 0 Å². The van der Waals surface area contributed by atoms with Crippen LogP contribution >= 0.6 is 34.4 Å². The average molecular weight is 512 g/mol. The average Bonchev–Trinajstić information content (AvgIpc) is 2.97. The molecular weight excluding hydrogens is 494 g/mol. The minimum Gasteiger partial charge on any atom is -0.493 e. The number of amides is 1. The van der Waals surface area contributed by atoms with Gasteiger partial charge in [-0.2, -0.15) is 0 Å². The first-order chi connectivity index (χ1) is 13.4. The van der Waals surface area contributed by atoms with Gasteiger partial charge in [0.1, 0.15) is 5.82 Å². The zero-order chi connectivity index (χ0) is 20.3. The topological polar surface area (TPSA) is 59.9 Å². The Balaban J connectivity index is 1.86. The summed E-state index contributed by atoms with van der Waals surface area (Å²) in [6.45, 7) is 3.90. The third-order valence-corrected chi connectivity index (χ3v) is 5.32. The van der Waals surface area contributed by atoms with Crippen LogP contribution in [0.1, 0.15) is 19.4 Å². The lowest BCUT2D eigenvalue weighted by Gasteiger charge is -2.16. The summed E-state index contributed by atoms with van der Waals surface area (Å²) in [5.74, 6) is 0.724. The highest BCUT2D eigenvalue weighted by Crippen LogP contribution is 2.36. The van der Waals surface area contributed by atoms with E-state index in [2.05, 4.69) is 32.9 Å². The van der Waals surface area contributed by atoms with Crippen molar-refractivity contribution in [2.24, 2.45) is 4.99 Å². The largest absolute Gasteiger partial charge is 0.493 e. The van der Waals surface area contributed by atoms with Gasteiger partial charge in [-0.15, -0.1) is 0 Å². The number of carbonyl (C=O) groups excluding carboxylic acids is 1. The van der Waals surface area contributed by atoms with Crippen molar-refractivity contribution in [3.63, 3.8) is 0 Å². The van der Waals surface area contributed by atoms with Gasteiger partial charge in [-0.25, -0.2) is 9.38 Å². The normalized spacial score (nSPS) is 16.7. The van der Waals surface area contributed by atoms with Crippen molar-refractivity contribution < 1.29 is 18.7 Å². The predicted octanol–water partition coefficient (Wildman–Crippen LogP) is 5.12. The molecule has 0 aromatic heterocycles. The lowest BCUT2D eigenvalue weighted by atomic mass is 10.2. The quantitative estimate of drug-likeness (QED) is 0.447. The third kappa shape index (κ3) is 5.05. The highest BCUT2D eigenvalue weighted by Gasteiger charge is 2.24. The highest BCUT2D eigenvalue weighted by molar-refractivity contribution is 14.1. The van der Waals surface area contributed by atoms with E-state index in [0.29, 0.717) is 27.3 Å². The maximum Gasteiger partial charge on any atom is 0.264 e. The Kier molecular flexibility index (Phi) is 6.61. The first kappa shape index (κ1) is 20.7. The third-order valence-electron chi connectivity index (χ3n) is 3.61. The first-order valence-electron chi connectivity index (χ1n) is 8.45. The number of hydrogen-bond donors (Lipinski definition) is 1. The van der Waals surface area contributed by atoms with Gasteiger partial charge in [0.25, 0.3) is 5.91 Å². The molecule has 1 amide bonds. The summed E-state index contributed by atoms with van der Waals surface area (Å²) in [7, 11) is 1.58. The molecule has 1 saturated heterocycles. The van der Waals surface area contributed by atoms with Gasteiger partial charge in [-0.05, 0) is 96.2 Å². The number of thioether (sulfide) groups is 1. The van der Waals surface area contributed by atoms with Crippen LogP contribution < -0.4 is 14.8 Å². The van der Waals surface area contributed by atoms with Crippen LogP contribution in [0.2, 0.25) is 0 Å². The molecule has 2 aromatic carbocycles. The molecule has 2 aromatic rings. The van der Waals surface area contributed by atoms with Crippen molar-refractivity contribution >= 4 is 57.2 Å². The molecule has 0 unspecified atom stereocenters. The number of ether oxygens (including phenoxy) is 2. The molecule has 0 aliphatic carbocycles. The highest BCUT2D eigenvalue weighted by atomic mass is 127. The van der Waals surface area contributed by atoms with Crippen LogP contribution in [0.15, 0.2) is 46.3 Å². The van der Waals surface area contributed by atoms with Crippen molar-refractivity contribution in [2.75, 3.05) is 7.11 Å². The van der Waals surface area contributed by atoms with E-state index in [0.717, 1.165) is 9.13 Å². The Bertz CT molecular complexity index is 959. The monoisotopic (exact) mass is 512 g/mol. The predicted molar refractivity (Wildman–Crippen MR) is 119 cm³/mol. The molecule has 0 saturated carbocycles. The first-order valence-corrected chi connectivity index (χ1v) is 10.3. The number of nitrogens with one attached hydrogen (secondary N) is 1. The van der Waals surface area contributed by atoms with Crippen LogP contribution in [-0.4, -0.2) is 24.3 Å². The van der Waals surface area contributed by atoms with E-state index < -0.39 is 0 Å². The van der Waals surface area contributed by atoms with E-state index in [-0.39, 0.29) is 17.8 Å². The number of aliphatic imine (C=N–C) groups is 1. The molecule has 28 heavy (non-hydrogen) atoms. The molecule has 1 aliphatic heterocycles. The lowest BCUT2D eigenvalue weighted by molar-refractivity contribution is -0.115. The number of hydrogen-bond acceptors (Lipinski definition) is 5. The molecule has 3 rings (SSSR count). The zero-order valence-electron chi connectivity index (χ0n) is 15.5. The molecule has 1 N–H and O–H groups in total. The summed E-state index contributed by atoms with van der Waals surface area (Å²) >= 11 is 3.41. The molecule has 0 radical (unpaired) electrons. The fourth-order valence-electron chi connectivity index (χ4n) is 2.44. The number of carbonyl (C=O) groups is 1. The standard InChI is InChI=1S/C20H18FIN2O3S/c1-11(2)27-18-15(22)8-12(9-16(18)26-3)10-17-19(25)24-20(28-17)23-14-6-4-13(21)5-7-14/h4-11H,1-3H3,(H,23,24,25)/b17-10+. The number of halogens is 2. The van der Waals surface area contributed by atoms with E-state index >= 15 is 0 Å². The van der Waals surface area contributed by atoms with Crippen LogP contribution in [-0.2, 0) is 4.79 Å². The summed E-state index contributed by atoms with van der Waals surface area (Å²) in [6, 6.07) is 9.51. The second-order valence-corrected chi connectivity index (χ2v) is 8.35. The van der Waals surface area contributed by atoms with Gasteiger partial charge in [0.15, 0.2) is 16.7 Å². The second kappa shape index (κ2) is 8.95. The summed E-state index contributed by atoms with van der Waals surface area (Å²) in [5.41, 5.74) is 1.38. The fraction of sp³-hybridized carbons (Fsp3) is 0.200. The molecule has 0 atom stereocenters. The van der Waals surface area contributed by atoms with E-state index in [9.17, 15) is 9.18 Å². The van der Waals surface area contributed by atoms with Crippen molar-refractivity contribution in [3.05, 3.63) is 56.3 Å². The number of nitrogens with zero attached hydrogens (tertiary/aromatic N) is 1. The van der Waals surface area contributed by atoms with Gasteiger partial charge in [0.2, 0.25) is 0 Å². The minimum atomic E-state index is -0.332. The number of methoxy groups -OCH3 is 1. The van der Waals surface area contributed by atoms with Gasteiger partial charge in [0.05, 0.1) is 27.4 Å². The molecular formula is C20H18FIN2O3S. The second-order valence-electron chi connectivity index (χ2n) is 6.16. The van der Waals surface area contributed by atoms with Gasteiger partial charge >= 0.3 is 0 Å². The zero-order valence-corrected chi connectivity index (χ0v) is 18.4. The Morgan fingerprint density at radius 2 is 1.96 bits per heavy atom. The van der Waals surface area contributed by atoms with Gasteiger partial charge in [-0.1, -0.05) is 0 Å². The van der Waals surface area contributed by atoms with Crippen molar-refractivity contribution in [1.29, 1.82) is 0 Å². The molecule has 5 nitrogen and oxygen atoms in total. The molecule has 0 bridgehead atoms. The maximum absolute atomic E-state index is 13.0. The molecule has 1 aliphatic rings. The summed E-state index contributed by atoms with van der Waals surface area (Å²) in [6.07, 6.45) is 1.80.